The van der Waals surface area contributed by atoms with Crippen molar-refractivity contribution in [2.75, 3.05) is 7.11 Å². The molecule has 0 amide bonds. The first-order chi connectivity index (χ1) is 15.3. The molecule has 1 aliphatic heterocycles. The van der Waals surface area contributed by atoms with E-state index < -0.39 is 5.92 Å². The lowest BCUT2D eigenvalue weighted by Gasteiger charge is -2.38. The summed E-state index contributed by atoms with van der Waals surface area (Å²) >= 11 is 0. The molecule has 2 aromatic carbocycles. The number of dihydropyridines is 1. The van der Waals surface area contributed by atoms with Crippen molar-refractivity contribution in [3.05, 3.63) is 82.2 Å². The number of nitrogens with one attached hydrogen (secondary N) is 1. The minimum absolute atomic E-state index is 0.0948. The highest BCUT2D eigenvalue weighted by Gasteiger charge is 2.41. The van der Waals surface area contributed by atoms with E-state index in [1.807, 2.05) is 55.5 Å². The largest absolute Gasteiger partial charge is 0.493 e. The molecule has 5 heteroatoms. The Kier molecular flexibility index (Phi) is 5.80. The summed E-state index contributed by atoms with van der Waals surface area (Å²) in [5.41, 5.74) is 4.80. The maximum Gasteiger partial charge on any atom is 0.162 e. The number of ketones is 1. The molecule has 164 valence electrons. The van der Waals surface area contributed by atoms with Gasteiger partial charge in [0, 0.05) is 23.4 Å². The van der Waals surface area contributed by atoms with Crippen LogP contribution in [0.25, 0.3) is 0 Å². The minimum atomic E-state index is -0.406. The maximum absolute atomic E-state index is 13.2. The molecule has 0 saturated heterocycles. The molecule has 5 nitrogen and oxygen atoms in total. The van der Waals surface area contributed by atoms with E-state index in [1.54, 1.807) is 7.11 Å². The number of ether oxygens (including phenoxy) is 2. The van der Waals surface area contributed by atoms with Crippen molar-refractivity contribution in [2.24, 2.45) is 5.41 Å². The number of carbonyl (C=O) groups excluding carboxylic acids is 1. The molecule has 0 bridgehead atoms. The Balaban J connectivity index is 1.71. The van der Waals surface area contributed by atoms with Crippen molar-refractivity contribution in [1.82, 2.24) is 5.32 Å². The summed E-state index contributed by atoms with van der Waals surface area (Å²) in [7, 11) is 1.60. The van der Waals surface area contributed by atoms with Crippen LogP contribution in [-0.2, 0) is 11.4 Å². The number of nitriles is 1. The summed E-state index contributed by atoms with van der Waals surface area (Å²) < 4.78 is 11.6. The Hall–Kier alpha value is -3.52. The third-order valence-electron chi connectivity index (χ3n) is 6.12. The quantitative estimate of drug-likeness (QED) is 0.690. The SMILES string of the molecule is COc1cc([C@H]2C(C#N)=C(C)NC3=C2C(=O)CC(C)(C)C3)ccc1OCc1ccccc1. The van der Waals surface area contributed by atoms with Crippen molar-refractivity contribution in [3.8, 4) is 17.6 Å². The van der Waals surface area contributed by atoms with Crippen LogP contribution in [0.5, 0.6) is 11.5 Å². The van der Waals surface area contributed by atoms with Gasteiger partial charge in [-0.25, -0.2) is 0 Å². The molecule has 0 spiro atoms. The third-order valence-corrected chi connectivity index (χ3v) is 6.12. The van der Waals surface area contributed by atoms with Crippen LogP contribution >= 0.6 is 0 Å². The van der Waals surface area contributed by atoms with E-state index in [1.165, 1.54) is 0 Å². The number of hydrogen-bond donors (Lipinski definition) is 1. The highest BCUT2D eigenvalue weighted by atomic mass is 16.5. The topological polar surface area (TPSA) is 71.3 Å². The number of hydrogen-bond acceptors (Lipinski definition) is 5. The van der Waals surface area contributed by atoms with E-state index in [-0.39, 0.29) is 11.2 Å². The van der Waals surface area contributed by atoms with Crippen LogP contribution in [0.1, 0.15) is 50.7 Å². The molecule has 2 aromatic rings. The van der Waals surface area contributed by atoms with Gasteiger partial charge < -0.3 is 14.8 Å². The molecular weight excluding hydrogens is 400 g/mol. The van der Waals surface area contributed by atoms with E-state index >= 15 is 0 Å². The second-order valence-electron chi connectivity index (χ2n) is 9.23. The average Bonchev–Trinajstić information content (AvgIpc) is 2.76. The van der Waals surface area contributed by atoms with Gasteiger partial charge in [-0.05, 0) is 42.0 Å². The maximum atomic E-state index is 13.2. The van der Waals surface area contributed by atoms with Crippen LogP contribution in [-0.4, -0.2) is 12.9 Å². The van der Waals surface area contributed by atoms with Crippen molar-refractivity contribution in [2.45, 2.75) is 46.1 Å². The minimum Gasteiger partial charge on any atom is -0.493 e. The van der Waals surface area contributed by atoms with Gasteiger partial charge in [-0.1, -0.05) is 50.2 Å². The van der Waals surface area contributed by atoms with Crippen molar-refractivity contribution >= 4 is 5.78 Å². The zero-order chi connectivity index (χ0) is 22.9. The first kappa shape index (κ1) is 21.7. The third kappa shape index (κ3) is 4.13. The predicted octanol–water partition coefficient (Wildman–Crippen LogP) is 5.40. The monoisotopic (exact) mass is 428 g/mol. The van der Waals surface area contributed by atoms with Gasteiger partial charge in [0.25, 0.3) is 0 Å². The zero-order valence-electron chi connectivity index (χ0n) is 19.0. The fraction of sp³-hybridized carbons (Fsp3) is 0.333. The van der Waals surface area contributed by atoms with Gasteiger partial charge in [0.15, 0.2) is 17.3 Å². The molecule has 1 atom stereocenters. The number of rotatable bonds is 5. The van der Waals surface area contributed by atoms with Gasteiger partial charge in [0.2, 0.25) is 0 Å². The van der Waals surface area contributed by atoms with Gasteiger partial charge in [-0.3, -0.25) is 4.79 Å². The number of methoxy groups -OCH3 is 1. The zero-order valence-corrected chi connectivity index (χ0v) is 19.0. The van der Waals surface area contributed by atoms with Crippen molar-refractivity contribution < 1.29 is 14.3 Å². The molecule has 0 saturated carbocycles. The smallest absolute Gasteiger partial charge is 0.162 e. The van der Waals surface area contributed by atoms with Gasteiger partial charge in [-0.15, -0.1) is 0 Å². The Morgan fingerprint density at radius 3 is 2.56 bits per heavy atom. The molecule has 4 rings (SSSR count). The van der Waals surface area contributed by atoms with E-state index in [0.717, 1.165) is 28.9 Å². The van der Waals surface area contributed by atoms with Gasteiger partial charge in [0.1, 0.15) is 6.61 Å². The summed E-state index contributed by atoms with van der Waals surface area (Å²) in [5, 5.41) is 13.3. The molecule has 1 heterocycles. The lowest BCUT2D eigenvalue weighted by Crippen LogP contribution is -2.36. The second-order valence-corrected chi connectivity index (χ2v) is 9.23. The van der Waals surface area contributed by atoms with E-state index in [2.05, 4.69) is 25.2 Å². The molecule has 0 fully saturated rings. The summed E-state index contributed by atoms with van der Waals surface area (Å²) in [4.78, 5) is 13.2. The number of allylic oxidation sites excluding steroid dienone is 4. The Bertz CT molecular complexity index is 1150. The molecule has 32 heavy (non-hydrogen) atoms. The van der Waals surface area contributed by atoms with Crippen LogP contribution in [0.4, 0.5) is 0 Å². The average molecular weight is 429 g/mol. The lowest BCUT2D eigenvalue weighted by atomic mass is 9.69. The van der Waals surface area contributed by atoms with E-state index in [4.69, 9.17) is 9.47 Å². The van der Waals surface area contributed by atoms with Gasteiger partial charge >= 0.3 is 0 Å². The van der Waals surface area contributed by atoms with Crippen LogP contribution in [0.3, 0.4) is 0 Å². The Morgan fingerprint density at radius 1 is 1.12 bits per heavy atom. The van der Waals surface area contributed by atoms with E-state index in [9.17, 15) is 10.1 Å². The summed E-state index contributed by atoms with van der Waals surface area (Å²) in [6, 6.07) is 17.9. The molecule has 0 unspecified atom stereocenters. The first-order valence-corrected chi connectivity index (χ1v) is 10.8. The number of Topliss-reactive ketones (excluding diaryl/α,β-unsaturated/α-hetero) is 1. The summed E-state index contributed by atoms with van der Waals surface area (Å²) in [5.74, 6) is 0.894. The summed E-state index contributed by atoms with van der Waals surface area (Å²) in [6.45, 7) is 6.53. The van der Waals surface area contributed by atoms with Crippen molar-refractivity contribution in [3.63, 3.8) is 0 Å². The fourth-order valence-corrected chi connectivity index (χ4v) is 4.64. The van der Waals surface area contributed by atoms with Crippen LogP contribution in [0.15, 0.2) is 71.1 Å². The molecule has 0 radical (unpaired) electrons. The fourth-order valence-electron chi connectivity index (χ4n) is 4.64. The standard InChI is InChI=1S/C27H28N2O3/c1-17-20(15-28)25(26-21(29-17)13-27(2,3)14-22(26)30)19-10-11-23(24(12-19)31-4)32-16-18-8-6-5-7-9-18/h5-12,25,29H,13-14,16H2,1-4H3/t25-/m0/s1. The highest BCUT2D eigenvalue weighted by molar-refractivity contribution is 6.00. The number of nitrogens with zero attached hydrogens (tertiary/aromatic N) is 1. The van der Waals surface area contributed by atoms with E-state index in [0.29, 0.717) is 35.7 Å². The van der Waals surface area contributed by atoms with Crippen LogP contribution < -0.4 is 14.8 Å². The molecule has 2 aliphatic rings. The normalized spacial score (nSPS) is 19.7. The van der Waals surface area contributed by atoms with Gasteiger partial charge in [-0.2, -0.15) is 5.26 Å². The molecular formula is C27H28N2O3. The van der Waals surface area contributed by atoms with Crippen LogP contribution in [0.2, 0.25) is 0 Å². The number of benzene rings is 2. The van der Waals surface area contributed by atoms with Gasteiger partial charge in [0.05, 0.1) is 24.7 Å². The molecule has 1 aliphatic carbocycles. The second kappa shape index (κ2) is 8.55. The predicted molar refractivity (Wildman–Crippen MR) is 123 cm³/mol. The van der Waals surface area contributed by atoms with Crippen molar-refractivity contribution in [1.29, 1.82) is 5.26 Å². The Morgan fingerprint density at radius 2 is 1.88 bits per heavy atom. The Labute approximate surface area is 189 Å². The summed E-state index contributed by atoms with van der Waals surface area (Å²) in [6.07, 6.45) is 1.24. The first-order valence-electron chi connectivity index (χ1n) is 10.8. The molecule has 1 N–H and O–H groups in total. The lowest BCUT2D eigenvalue weighted by molar-refractivity contribution is -0.118. The van der Waals surface area contributed by atoms with Crippen LogP contribution in [0, 0.1) is 16.7 Å². The highest BCUT2D eigenvalue weighted by Crippen LogP contribution is 2.47. The number of carbonyl (C=O) groups is 1. The molecule has 0 aromatic heterocycles.